The Balaban J connectivity index is 1.66. The van der Waals surface area contributed by atoms with Crippen molar-refractivity contribution in [2.45, 2.75) is 16.5 Å². The second-order valence-electron chi connectivity index (χ2n) is 6.19. The molecule has 3 unspecified atom stereocenters. The molecule has 2 aliphatic heterocycles. The Morgan fingerprint density at radius 1 is 1.17 bits per heavy atom. The second-order valence-corrected chi connectivity index (χ2v) is 7.63. The molecular weight excluding hydrogens is 401 g/mol. The summed E-state index contributed by atoms with van der Waals surface area (Å²) in [6.45, 7) is 3.48. The molecule has 3 atom stereocenters. The van der Waals surface area contributed by atoms with E-state index in [9.17, 15) is 0 Å². The quantitative estimate of drug-likeness (QED) is 0.432. The summed E-state index contributed by atoms with van der Waals surface area (Å²) in [6.07, 6.45) is 5.19. The molecule has 2 saturated heterocycles. The van der Waals surface area contributed by atoms with Crippen molar-refractivity contribution in [3.63, 3.8) is 0 Å². The number of hydrogen-bond acceptors (Lipinski definition) is 4. The fourth-order valence-electron chi connectivity index (χ4n) is 3.57. The van der Waals surface area contributed by atoms with Crippen LogP contribution in [0.3, 0.4) is 0 Å². The Bertz CT molecular complexity index is 708. The van der Waals surface area contributed by atoms with E-state index in [4.69, 9.17) is 4.74 Å². The zero-order valence-electron chi connectivity index (χ0n) is 13.2. The highest BCUT2D eigenvalue weighted by molar-refractivity contribution is 14.1. The van der Waals surface area contributed by atoms with Gasteiger partial charge in [-0.2, -0.15) is 0 Å². The number of aromatic nitrogens is 1. The van der Waals surface area contributed by atoms with E-state index in [0.29, 0.717) is 10.1 Å². The van der Waals surface area contributed by atoms with Crippen LogP contribution in [0.5, 0.6) is 5.75 Å². The minimum atomic E-state index is 0.590. The van der Waals surface area contributed by atoms with Gasteiger partial charge in [-0.05, 0) is 30.2 Å². The number of fused-ring (bicyclic) bond motifs is 2. The third kappa shape index (κ3) is 2.92. The largest absolute Gasteiger partial charge is 0.497 e. The summed E-state index contributed by atoms with van der Waals surface area (Å²) in [7, 11) is 1.70. The van der Waals surface area contributed by atoms with Crippen LogP contribution in [0.1, 0.15) is 6.42 Å². The van der Waals surface area contributed by atoms with Crippen molar-refractivity contribution in [1.29, 1.82) is 0 Å². The van der Waals surface area contributed by atoms with Crippen molar-refractivity contribution in [3.8, 4) is 16.9 Å². The lowest BCUT2D eigenvalue weighted by molar-refractivity contribution is 0.296. The number of halogens is 1. The molecule has 2 bridgehead atoms. The van der Waals surface area contributed by atoms with Crippen molar-refractivity contribution < 1.29 is 4.74 Å². The topological polar surface area (TPSA) is 28.6 Å². The molecule has 0 spiro atoms. The van der Waals surface area contributed by atoms with E-state index in [2.05, 4.69) is 55.6 Å². The van der Waals surface area contributed by atoms with Gasteiger partial charge in [-0.25, -0.2) is 0 Å². The summed E-state index contributed by atoms with van der Waals surface area (Å²) in [5.74, 6) is 0.879. The number of anilines is 1. The summed E-state index contributed by atoms with van der Waals surface area (Å²) in [4.78, 5) is 9.62. The molecule has 0 radical (unpaired) electrons. The maximum absolute atomic E-state index is 5.34. The molecule has 120 valence electrons. The van der Waals surface area contributed by atoms with E-state index >= 15 is 0 Å². The highest BCUT2D eigenvalue weighted by Crippen LogP contribution is 2.33. The van der Waals surface area contributed by atoms with Crippen molar-refractivity contribution in [2.75, 3.05) is 31.6 Å². The molecular formula is C18H20IN3O. The van der Waals surface area contributed by atoms with Crippen LogP contribution < -0.4 is 9.64 Å². The molecule has 0 N–H and O–H groups in total. The van der Waals surface area contributed by atoms with Crippen LogP contribution in [0.15, 0.2) is 42.7 Å². The monoisotopic (exact) mass is 421 g/mol. The van der Waals surface area contributed by atoms with E-state index in [1.807, 2.05) is 24.5 Å². The Kier molecular flexibility index (Phi) is 4.15. The number of methoxy groups -OCH3 is 1. The molecule has 4 rings (SSSR count). The maximum atomic E-state index is 5.34. The first-order valence-corrected chi connectivity index (χ1v) is 9.23. The fraction of sp³-hybridized carbons (Fsp3) is 0.389. The molecule has 0 aliphatic carbocycles. The first kappa shape index (κ1) is 15.2. The smallest absolute Gasteiger partial charge is 0.119 e. The maximum Gasteiger partial charge on any atom is 0.119 e. The van der Waals surface area contributed by atoms with Crippen molar-refractivity contribution in [2.24, 2.45) is 0 Å². The number of piperazine rings is 1. The summed E-state index contributed by atoms with van der Waals surface area (Å²) in [5.41, 5.74) is 3.53. The van der Waals surface area contributed by atoms with Gasteiger partial charge >= 0.3 is 0 Å². The highest BCUT2D eigenvalue weighted by Gasteiger charge is 2.37. The van der Waals surface area contributed by atoms with Gasteiger partial charge in [0.15, 0.2) is 0 Å². The Labute approximate surface area is 150 Å². The lowest BCUT2D eigenvalue weighted by Crippen LogP contribution is -2.50. The van der Waals surface area contributed by atoms with E-state index in [-0.39, 0.29) is 0 Å². The van der Waals surface area contributed by atoms with Gasteiger partial charge in [-0.1, -0.05) is 34.7 Å². The fourth-order valence-corrected chi connectivity index (χ4v) is 4.50. The van der Waals surface area contributed by atoms with Gasteiger partial charge in [0, 0.05) is 37.4 Å². The van der Waals surface area contributed by atoms with Crippen LogP contribution in [-0.4, -0.2) is 46.7 Å². The summed E-state index contributed by atoms with van der Waals surface area (Å²) in [6, 6.07) is 11.1. The molecule has 0 amide bonds. The van der Waals surface area contributed by atoms with E-state index in [1.54, 1.807) is 7.11 Å². The van der Waals surface area contributed by atoms with E-state index < -0.39 is 0 Å². The molecule has 2 aromatic rings. The molecule has 2 aliphatic rings. The average molecular weight is 421 g/mol. The lowest BCUT2D eigenvalue weighted by atomic mass is 10.1. The molecule has 3 heterocycles. The number of hydrogen-bond donors (Lipinski definition) is 0. The zero-order valence-corrected chi connectivity index (χ0v) is 15.3. The normalized spacial score (nSPS) is 26.3. The predicted octanol–water partition coefficient (Wildman–Crippen LogP) is 3.41. The minimum Gasteiger partial charge on any atom is -0.497 e. The van der Waals surface area contributed by atoms with Gasteiger partial charge in [0.05, 0.1) is 23.0 Å². The molecule has 2 fully saturated rings. The second kappa shape index (κ2) is 6.28. The van der Waals surface area contributed by atoms with Gasteiger partial charge in [-0.15, -0.1) is 0 Å². The van der Waals surface area contributed by atoms with E-state index in [0.717, 1.165) is 23.4 Å². The first-order chi connectivity index (χ1) is 11.2. The van der Waals surface area contributed by atoms with Crippen LogP contribution in [-0.2, 0) is 0 Å². The number of pyridine rings is 1. The molecule has 0 saturated carbocycles. The number of nitrogens with zero attached hydrogens (tertiary/aromatic N) is 3. The molecule has 1 aromatic heterocycles. The predicted molar refractivity (Wildman–Crippen MR) is 101 cm³/mol. The van der Waals surface area contributed by atoms with Crippen molar-refractivity contribution >= 4 is 28.3 Å². The van der Waals surface area contributed by atoms with Crippen LogP contribution >= 0.6 is 22.6 Å². The summed E-state index contributed by atoms with van der Waals surface area (Å²) >= 11 is 2.56. The standard InChI is InChI=1S/C18H20IN3O/c1-23-17-4-2-3-13(8-17)14-7-16(10-20-9-14)22-12-18(19)21-6-5-15(22)11-21/h2-4,7-10,15,18H,5-6,11-12H2,1H3. The molecule has 1 aromatic carbocycles. The average Bonchev–Trinajstić information content (AvgIpc) is 3.04. The lowest BCUT2D eigenvalue weighted by Gasteiger charge is -2.39. The van der Waals surface area contributed by atoms with Crippen molar-refractivity contribution in [1.82, 2.24) is 9.88 Å². The van der Waals surface area contributed by atoms with Crippen LogP contribution in [0.2, 0.25) is 0 Å². The van der Waals surface area contributed by atoms with Crippen LogP contribution in [0, 0.1) is 0 Å². The summed E-state index contributed by atoms with van der Waals surface area (Å²) < 4.78 is 5.93. The highest BCUT2D eigenvalue weighted by atomic mass is 127. The number of benzene rings is 1. The van der Waals surface area contributed by atoms with Crippen LogP contribution in [0.4, 0.5) is 5.69 Å². The third-order valence-corrected chi connectivity index (χ3v) is 6.02. The van der Waals surface area contributed by atoms with Gasteiger partial charge in [-0.3, -0.25) is 9.88 Å². The van der Waals surface area contributed by atoms with Gasteiger partial charge in [0.1, 0.15) is 5.75 Å². The minimum absolute atomic E-state index is 0.590. The third-order valence-electron chi connectivity index (χ3n) is 4.84. The zero-order chi connectivity index (χ0) is 15.8. The number of alkyl halides is 1. The molecule has 5 heteroatoms. The molecule has 4 nitrogen and oxygen atoms in total. The number of ether oxygens (including phenoxy) is 1. The SMILES string of the molecule is COc1cccc(-c2cncc(N3CC(I)N4CCC3C4)c2)c1. The van der Waals surface area contributed by atoms with Crippen molar-refractivity contribution in [3.05, 3.63) is 42.7 Å². The van der Waals surface area contributed by atoms with Gasteiger partial charge < -0.3 is 9.64 Å². The van der Waals surface area contributed by atoms with Gasteiger partial charge in [0.2, 0.25) is 0 Å². The Morgan fingerprint density at radius 2 is 2.09 bits per heavy atom. The molecule has 23 heavy (non-hydrogen) atoms. The van der Waals surface area contributed by atoms with Gasteiger partial charge in [0.25, 0.3) is 0 Å². The van der Waals surface area contributed by atoms with Crippen LogP contribution in [0.25, 0.3) is 11.1 Å². The Hall–Kier alpha value is -1.34. The Morgan fingerprint density at radius 3 is 2.96 bits per heavy atom. The number of rotatable bonds is 3. The first-order valence-electron chi connectivity index (χ1n) is 7.99. The summed E-state index contributed by atoms with van der Waals surface area (Å²) in [5, 5.41) is 0. The van der Waals surface area contributed by atoms with E-state index in [1.165, 1.54) is 25.2 Å².